The van der Waals surface area contributed by atoms with E-state index >= 15 is 0 Å². The van der Waals surface area contributed by atoms with Gasteiger partial charge in [-0.1, -0.05) is 27.7 Å². The summed E-state index contributed by atoms with van der Waals surface area (Å²) < 4.78 is 16.7. The lowest BCUT2D eigenvalue weighted by atomic mass is 9.95. The van der Waals surface area contributed by atoms with E-state index in [1.54, 1.807) is 0 Å². The zero-order valence-corrected chi connectivity index (χ0v) is 20.1. The van der Waals surface area contributed by atoms with E-state index in [1.165, 1.54) is 26.2 Å². The average Bonchev–Trinajstić information content (AvgIpc) is 2.70. The molecule has 0 fully saturated rings. The van der Waals surface area contributed by atoms with E-state index < -0.39 is 11.4 Å². The summed E-state index contributed by atoms with van der Waals surface area (Å²) in [5, 5.41) is 22.0. The maximum atomic E-state index is 13.7. The Morgan fingerprint density at radius 3 is 2.09 bits per heavy atom. The Bertz CT molecular complexity index is 1250. The number of phenols is 2. The monoisotopic (exact) mass is 456 g/mol. The molecule has 3 rings (SSSR count). The Hall–Kier alpha value is -3.22. The molecule has 0 spiro atoms. The van der Waals surface area contributed by atoms with Crippen LogP contribution in [0, 0.1) is 11.8 Å². The van der Waals surface area contributed by atoms with Crippen molar-refractivity contribution in [2.24, 2.45) is 11.8 Å². The molecule has 0 aliphatic heterocycles. The topological polar surface area (TPSA) is 106 Å². The highest BCUT2D eigenvalue weighted by Crippen LogP contribution is 2.41. The second-order valence-corrected chi connectivity index (χ2v) is 9.25. The third kappa shape index (κ3) is 4.92. The summed E-state index contributed by atoms with van der Waals surface area (Å²) in [6, 6.07) is 2.80. The van der Waals surface area contributed by atoms with Crippen molar-refractivity contribution in [3.63, 3.8) is 0 Å². The number of rotatable bonds is 8. The van der Waals surface area contributed by atoms with Gasteiger partial charge in [0.25, 0.3) is 0 Å². The standard InChI is InChI=1S/C26H32O7/c1-13(2)7-9-16-19(32-15(5)27)12-21-23(24(16)29)25(30)22-17(10-8-14(3)4)26(31-6)18(28)11-20(22)33-21/h11-14,28-29H,7-10H2,1-6H3. The summed E-state index contributed by atoms with van der Waals surface area (Å²) in [6.45, 7) is 9.50. The predicted octanol–water partition coefficient (Wildman–Crippen LogP) is 5.47. The van der Waals surface area contributed by atoms with Crippen LogP contribution in [0.2, 0.25) is 0 Å². The second kappa shape index (κ2) is 9.73. The van der Waals surface area contributed by atoms with Gasteiger partial charge in [0.2, 0.25) is 5.43 Å². The molecule has 33 heavy (non-hydrogen) atoms. The number of aromatic hydroxyl groups is 2. The first-order valence-corrected chi connectivity index (χ1v) is 11.3. The SMILES string of the molecule is COc1c(O)cc2oc3cc(OC(C)=O)c(CCC(C)C)c(O)c3c(=O)c2c1CCC(C)C. The molecule has 0 aliphatic rings. The Labute approximate surface area is 192 Å². The third-order valence-corrected chi connectivity index (χ3v) is 5.73. The molecule has 0 saturated carbocycles. The van der Waals surface area contributed by atoms with Crippen LogP contribution in [0.1, 0.15) is 58.6 Å². The maximum absolute atomic E-state index is 13.7. The highest BCUT2D eigenvalue weighted by molar-refractivity contribution is 5.98. The quantitative estimate of drug-likeness (QED) is 0.263. The van der Waals surface area contributed by atoms with E-state index in [4.69, 9.17) is 13.9 Å². The fourth-order valence-electron chi connectivity index (χ4n) is 4.03. The fourth-order valence-corrected chi connectivity index (χ4v) is 4.03. The maximum Gasteiger partial charge on any atom is 0.308 e. The molecule has 0 unspecified atom stereocenters. The molecular weight excluding hydrogens is 424 g/mol. The molecule has 0 radical (unpaired) electrons. The van der Waals surface area contributed by atoms with Gasteiger partial charge in [-0.05, 0) is 37.5 Å². The molecule has 7 heteroatoms. The van der Waals surface area contributed by atoms with E-state index in [9.17, 15) is 19.8 Å². The van der Waals surface area contributed by atoms with Crippen LogP contribution in [0.5, 0.6) is 23.0 Å². The molecule has 0 bridgehead atoms. The lowest BCUT2D eigenvalue weighted by molar-refractivity contribution is -0.131. The van der Waals surface area contributed by atoms with E-state index in [0.29, 0.717) is 35.8 Å². The number of methoxy groups -OCH3 is 1. The molecule has 1 heterocycles. The summed E-state index contributed by atoms with van der Waals surface area (Å²) in [5.74, 6) is 0.168. The Kier molecular flexibility index (Phi) is 7.20. The number of carbonyl (C=O) groups is 1. The van der Waals surface area contributed by atoms with Crippen LogP contribution in [0.15, 0.2) is 21.3 Å². The first-order chi connectivity index (χ1) is 15.5. The largest absolute Gasteiger partial charge is 0.507 e. The van der Waals surface area contributed by atoms with Crippen molar-refractivity contribution in [3.05, 3.63) is 33.5 Å². The van der Waals surface area contributed by atoms with Crippen molar-refractivity contribution in [1.29, 1.82) is 0 Å². The number of hydrogen-bond donors (Lipinski definition) is 2. The van der Waals surface area contributed by atoms with Crippen molar-refractivity contribution < 1.29 is 28.9 Å². The molecule has 0 aliphatic carbocycles. The van der Waals surface area contributed by atoms with Crippen molar-refractivity contribution >= 4 is 27.9 Å². The van der Waals surface area contributed by atoms with Gasteiger partial charge in [-0.2, -0.15) is 0 Å². The zero-order valence-electron chi connectivity index (χ0n) is 20.1. The van der Waals surface area contributed by atoms with E-state index in [-0.39, 0.29) is 44.9 Å². The van der Waals surface area contributed by atoms with E-state index in [1.807, 2.05) is 13.8 Å². The molecule has 3 aromatic rings. The van der Waals surface area contributed by atoms with Gasteiger partial charge in [0, 0.05) is 30.2 Å². The van der Waals surface area contributed by atoms with Crippen molar-refractivity contribution in [3.8, 4) is 23.0 Å². The fraction of sp³-hybridized carbons (Fsp3) is 0.462. The number of fused-ring (bicyclic) bond motifs is 2. The molecule has 0 saturated heterocycles. The van der Waals surface area contributed by atoms with Crippen molar-refractivity contribution in [1.82, 2.24) is 0 Å². The van der Waals surface area contributed by atoms with Gasteiger partial charge in [0.1, 0.15) is 28.1 Å². The van der Waals surface area contributed by atoms with Gasteiger partial charge in [0.15, 0.2) is 11.5 Å². The van der Waals surface area contributed by atoms with Gasteiger partial charge >= 0.3 is 5.97 Å². The van der Waals surface area contributed by atoms with Gasteiger partial charge < -0.3 is 24.1 Å². The van der Waals surface area contributed by atoms with Crippen LogP contribution in [0.4, 0.5) is 0 Å². The number of hydrogen-bond acceptors (Lipinski definition) is 7. The number of esters is 1. The normalized spacial score (nSPS) is 11.6. The summed E-state index contributed by atoms with van der Waals surface area (Å²) in [5.41, 5.74) is 0.777. The van der Waals surface area contributed by atoms with Gasteiger partial charge in [-0.3, -0.25) is 9.59 Å². The van der Waals surface area contributed by atoms with Gasteiger partial charge in [-0.25, -0.2) is 0 Å². The van der Waals surface area contributed by atoms with Crippen LogP contribution in [0.25, 0.3) is 21.9 Å². The molecule has 7 nitrogen and oxygen atoms in total. The molecule has 178 valence electrons. The lowest BCUT2D eigenvalue weighted by Crippen LogP contribution is -2.10. The first-order valence-electron chi connectivity index (χ1n) is 11.3. The van der Waals surface area contributed by atoms with E-state index in [0.717, 1.165) is 12.8 Å². The average molecular weight is 457 g/mol. The van der Waals surface area contributed by atoms with Crippen LogP contribution in [0.3, 0.4) is 0 Å². The second-order valence-electron chi connectivity index (χ2n) is 9.25. The molecule has 0 amide bonds. The third-order valence-electron chi connectivity index (χ3n) is 5.73. The Balaban J connectivity index is 2.40. The van der Waals surface area contributed by atoms with Crippen molar-refractivity contribution in [2.75, 3.05) is 7.11 Å². The highest BCUT2D eigenvalue weighted by atomic mass is 16.5. The van der Waals surface area contributed by atoms with Crippen LogP contribution in [-0.4, -0.2) is 23.3 Å². The molecule has 0 atom stereocenters. The summed E-state index contributed by atoms with van der Waals surface area (Å²) in [7, 11) is 1.44. The van der Waals surface area contributed by atoms with Crippen molar-refractivity contribution in [2.45, 2.75) is 60.3 Å². The summed E-state index contributed by atoms with van der Waals surface area (Å²) >= 11 is 0. The molecule has 1 aromatic heterocycles. The minimum atomic E-state index is -0.541. The lowest BCUT2D eigenvalue weighted by Gasteiger charge is -2.17. The number of benzene rings is 2. The highest BCUT2D eigenvalue weighted by Gasteiger charge is 2.24. The summed E-state index contributed by atoms with van der Waals surface area (Å²) in [4.78, 5) is 25.4. The first kappa shape index (κ1) is 24.4. The minimum absolute atomic E-state index is 0.0238. The predicted molar refractivity (Wildman–Crippen MR) is 127 cm³/mol. The number of aryl methyl sites for hydroxylation is 1. The van der Waals surface area contributed by atoms with Gasteiger partial charge in [0.05, 0.1) is 12.5 Å². The molecule has 2 aromatic carbocycles. The Morgan fingerprint density at radius 2 is 1.55 bits per heavy atom. The van der Waals surface area contributed by atoms with Crippen LogP contribution >= 0.6 is 0 Å². The number of phenolic OH excluding ortho intramolecular Hbond substituents is 2. The zero-order chi connectivity index (χ0) is 24.4. The molecule has 2 N–H and O–H groups in total. The number of ether oxygens (including phenoxy) is 2. The van der Waals surface area contributed by atoms with Crippen LogP contribution < -0.4 is 14.9 Å². The van der Waals surface area contributed by atoms with E-state index in [2.05, 4.69) is 13.8 Å². The smallest absolute Gasteiger partial charge is 0.308 e. The summed E-state index contributed by atoms with van der Waals surface area (Å²) in [6.07, 6.45) is 2.42. The van der Waals surface area contributed by atoms with Gasteiger partial charge in [-0.15, -0.1) is 0 Å². The minimum Gasteiger partial charge on any atom is -0.507 e. The van der Waals surface area contributed by atoms with Crippen LogP contribution in [-0.2, 0) is 17.6 Å². The molecular formula is C26H32O7. The Morgan fingerprint density at radius 1 is 0.970 bits per heavy atom. The number of carbonyl (C=O) groups excluding carboxylic acids is 1.